The molecule has 1 aromatic rings. The number of nitrogens with one attached hydrogen (secondary N) is 2. The fraction of sp³-hybridized carbons (Fsp3) is 0.444. The zero-order chi connectivity index (χ0) is 16.7. The van der Waals surface area contributed by atoms with Gasteiger partial charge in [-0.25, -0.2) is 0 Å². The van der Waals surface area contributed by atoms with Gasteiger partial charge < -0.3 is 10.6 Å². The molecule has 1 aromatic carbocycles. The van der Waals surface area contributed by atoms with Crippen molar-refractivity contribution in [2.45, 2.75) is 51.5 Å². The molecular weight excluding hydrogens is 310 g/mol. The highest BCUT2D eigenvalue weighted by atomic mass is 35.5. The number of carbonyl (C=O) groups is 1. The first-order valence-electron chi connectivity index (χ1n) is 8.04. The normalized spacial score (nSPS) is 16.3. The molecule has 0 saturated heterocycles. The molecule has 0 atom stereocenters. The molecule has 0 unspecified atom stereocenters. The molecule has 4 nitrogen and oxygen atoms in total. The zero-order valence-electron chi connectivity index (χ0n) is 13.4. The summed E-state index contributed by atoms with van der Waals surface area (Å²) in [6.07, 6.45) is 8.64. The number of rotatable bonds is 4. The standard InChI is InChI=1S/C18H22ClN3O/c1-13-8-9-15(19)10-17(13)22-18(23)14(11-20)12-21-16-6-4-2-3-5-7-16/h8-10,12,16,21H,2-7H2,1H3,(H,22,23)/b14-12-. The first-order valence-corrected chi connectivity index (χ1v) is 8.42. The maximum absolute atomic E-state index is 12.3. The van der Waals surface area contributed by atoms with Crippen LogP contribution in [-0.4, -0.2) is 11.9 Å². The van der Waals surface area contributed by atoms with E-state index in [0.29, 0.717) is 16.8 Å². The lowest BCUT2D eigenvalue weighted by atomic mass is 10.1. The maximum Gasteiger partial charge on any atom is 0.267 e. The van der Waals surface area contributed by atoms with Crippen LogP contribution in [0.4, 0.5) is 5.69 Å². The second kappa shape index (κ2) is 8.59. The zero-order valence-corrected chi connectivity index (χ0v) is 14.1. The number of hydrogen-bond acceptors (Lipinski definition) is 3. The molecule has 0 bridgehead atoms. The summed E-state index contributed by atoms with van der Waals surface area (Å²) in [6.45, 7) is 1.88. The van der Waals surface area contributed by atoms with Crippen LogP contribution in [0, 0.1) is 18.3 Å². The minimum Gasteiger partial charge on any atom is -0.387 e. The predicted octanol–water partition coefficient (Wildman–Crippen LogP) is 4.31. The van der Waals surface area contributed by atoms with Crippen LogP contribution in [0.5, 0.6) is 0 Å². The summed E-state index contributed by atoms with van der Waals surface area (Å²) in [4.78, 5) is 12.3. The van der Waals surface area contributed by atoms with Gasteiger partial charge in [-0.15, -0.1) is 0 Å². The van der Waals surface area contributed by atoms with E-state index in [1.54, 1.807) is 18.3 Å². The smallest absolute Gasteiger partial charge is 0.267 e. The number of nitrogens with zero attached hydrogens (tertiary/aromatic N) is 1. The summed E-state index contributed by atoms with van der Waals surface area (Å²) in [5, 5.41) is 15.8. The Labute approximate surface area is 142 Å². The maximum atomic E-state index is 12.3. The van der Waals surface area contributed by atoms with Crippen LogP contribution >= 0.6 is 11.6 Å². The molecule has 1 saturated carbocycles. The molecule has 1 aliphatic carbocycles. The molecule has 0 radical (unpaired) electrons. The number of carbonyl (C=O) groups excluding carboxylic acids is 1. The molecular formula is C18H22ClN3O. The van der Waals surface area contributed by atoms with E-state index >= 15 is 0 Å². The molecule has 1 amide bonds. The highest BCUT2D eigenvalue weighted by molar-refractivity contribution is 6.31. The molecule has 23 heavy (non-hydrogen) atoms. The highest BCUT2D eigenvalue weighted by Crippen LogP contribution is 2.21. The lowest BCUT2D eigenvalue weighted by molar-refractivity contribution is -0.112. The Morgan fingerprint density at radius 3 is 2.65 bits per heavy atom. The van der Waals surface area contributed by atoms with Gasteiger partial charge >= 0.3 is 0 Å². The van der Waals surface area contributed by atoms with E-state index in [2.05, 4.69) is 10.6 Å². The predicted molar refractivity (Wildman–Crippen MR) is 93.1 cm³/mol. The van der Waals surface area contributed by atoms with E-state index in [1.807, 2.05) is 19.1 Å². The second-order valence-electron chi connectivity index (χ2n) is 5.94. The lowest BCUT2D eigenvalue weighted by Crippen LogP contribution is -2.25. The molecule has 0 aromatic heterocycles. The van der Waals surface area contributed by atoms with Crippen LogP contribution in [0.1, 0.15) is 44.1 Å². The molecule has 1 fully saturated rings. The topological polar surface area (TPSA) is 64.9 Å². The van der Waals surface area contributed by atoms with E-state index in [0.717, 1.165) is 18.4 Å². The van der Waals surface area contributed by atoms with Gasteiger partial charge in [-0.2, -0.15) is 5.26 Å². The van der Waals surface area contributed by atoms with Crippen molar-refractivity contribution in [1.82, 2.24) is 5.32 Å². The number of halogens is 1. The van der Waals surface area contributed by atoms with Crippen molar-refractivity contribution in [1.29, 1.82) is 5.26 Å². The minimum absolute atomic E-state index is 0.0774. The van der Waals surface area contributed by atoms with Crippen LogP contribution < -0.4 is 10.6 Å². The van der Waals surface area contributed by atoms with Crippen molar-refractivity contribution in [3.8, 4) is 6.07 Å². The SMILES string of the molecule is Cc1ccc(Cl)cc1NC(=O)/C(C#N)=C\NC1CCCCCC1. The summed E-state index contributed by atoms with van der Waals surface area (Å²) >= 11 is 5.95. The van der Waals surface area contributed by atoms with Gasteiger partial charge in [0.2, 0.25) is 0 Å². The quantitative estimate of drug-likeness (QED) is 0.491. The fourth-order valence-electron chi connectivity index (χ4n) is 2.71. The Balaban J connectivity index is 2.01. The molecule has 0 aliphatic heterocycles. The van der Waals surface area contributed by atoms with Gasteiger partial charge in [0.25, 0.3) is 5.91 Å². The Kier molecular flexibility index (Phi) is 6.49. The Bertz CT molecular complexity index is 626. The van der Waals surface area contributed by atoms with E-state index in [4.69, 9.17) is 11.6 Å². The molecule has 1 aliphatic rings. The fourth-order valence-corrected chi connectivity index (χ4v) is 2.89. The first-order chi connectivity index (χ1) is 11.1. The number of aryl methyl sites for hydroxylation is 1. The van der Waals surface area contributed by atoms with Gasteiger partial charge in [0.1, 0.15) is 11.6 Å². The first kappa shape index (κ1) is 17.4. The van der Waals surface area contributed by atoms with Crippen molar-refractivity contribution in [2.24, 2.45) is 0 Å². The molecule has 2 N–H and O–H groups in total. The molecule has 5 heteroatoms. The summed E-state index contributed by atoms with van der Waals surface area (Å²) in [5.74, 6) is -0.418. The van der Waals surface area contributed by atoms with Gasteiger partial charge in [-0.05, 0) is 37.5 Å². The van der Waals surface area contributed by atoms with Crippen molar-refractivity contribution >= 4 is 23.2 Å². The van der Waals surface area contributed by atoms with Crippen LogP contribution in [0.2, 0.25) is 5.02 Å². The number of nitriles is 1. The van der Waals surface area contributed by atoms with Crippen LogP contribution in [0.25, 0.3) is 0 Å². The van der Waals surface area contributed by atoms with Crippen molar-refractivity contribution in [3.63, 3.8) is 0 Å². The molecule has 0 spiro atoms. The van der Waals surface area contributed by atoms with Crippen molar-refractivity contribution < 1.29 is 4.79 Å². The molecule has 0 heterocycles. The Morgan fingerprint density at radius 2 is 2.00 bits per heavy atom. The van der Waals surface area contributed by atoms with Crippen LogP contribution in [0.3, 0.4) is 0 Å². The van der Waals surface area contributed by atoms with Gasteiger partial charge in [-0.1, -0.05) is 43.4 Å². The Hall–Kier alpha value is -1.99. The second-order valence-corrected chi connectivity index (χ2v) is 6.37. The van der Waals surface area contributed by atoms with Crippen LogP contribution in [0.15, 0.2) is 30.0 Å². The average Bonchev–Trinajstić information content (AvgIpc) is 2.80. The molecule has 2 rings (SSSR count). The lowest BCUT2D eigenvalue weighted by Gasteiger charge is -2.14. The summed E-state index contributed by atoms with van der Waals surface area (Å²) in [7, 11) is 0. The number of anilines is 1. The largest absolute Gasteiger partial charge is 0.387 e. The monoisotopic (exact) mass is 331 g/mol. The van der Waals surface area contributed by atoms with E-state index in [-0.39, 0.29) is 5.57 Å². The molecule has 122 valence electrons. The van der Waals surface area contributed by atoms with Gasteiger partial charge in [0.15, 0.2) is 0 Å². The number of hydrogen-bond donors (Lipinski definition) is 2. The number of amides is 1. The van der Waals surface area contributed by atoms with Gasteiger partial charge in [0.05, 0.1) is 0 Å². The summed E-state index contributed by atoms with van der Waals surface area (Å²) in [5.41, 5.74) is 1.60. The highest BCUT2D eigenvalue weighted by Gasteiger charge is 2.14. The van der Waals surface area contributed by atoms with E-state index in [9.17, 15) is 10.1 Å². The average molecular weight is 332 g/mol. The van der Waals surface area contributed by atoms with Crippen molar-refractivity contribution in [2.75, 3.05) is 5.32 Å². The van der Waals surface area contributed by atoms with E-state index in [1.165, 1.54) is 25.7 Å². The van der Waals surface area contributed by atoms with Crippen molar-refractivity contribution in [3.05, 3.63) is 40.6 Å². The van der Waals surface area contributed by atoms with Gasteiger partial charge in [-0.3, -0.25) is 4.79 Å². The number of benzene rings is 1. The minimum atomic E-state index is -0.418. The Morgan fingerprint density at radius 1 is 1.30 bits per heavy atom. The third kappa shape index (κ3) is 5.30. The summed E-state index contributed by atoms with van der Waals surface area (Å²) < 4.78 is 0. The summed E-state index contributed by atoms with van der Waals surface area (Å²) in [6, 6.07) is 7.59. The third-order valence-corrected chi connectivity index (χ3v) is 4.37. The van der Waals surface area contributed by atoms with E-state index < -0.39 is 5.91 Å². The van der Waals surface area contributed by atoms with Crippen LogP contribution in [-0.2, 0) is 4.79 Å². The van der Waals surface area contributed by atoms with Gasteiger partial charge in [0, 0.05) is 23.0 Å². The third-order valence-electron chi connectivity index (χ3n) is 4.13.